The predicted octanol–water partition coefficient (Wildman–Crippen LogP) is 3.70. The molecule has 1 atom stereocenters. The van der Waals surface area contributed by atoms with Crippen LogP contribution in [0.1, 0.15) is 19.3 Å². The molecule has 2 aliphatic rings. The van der Waals surface area contributed by atoms with Gasteiger partial charge in [0.15, 0.2) is 11.6 Å². The van der Waals surface area contributed by atoms with Crippen molar-refractivity contribution in [1.82, 2.24) is 25.1 Å². The lowest BCUT2D eigenvalue weighted by atomic mass is 9.90. The highest BCUT2D eigenvalue weighted by Crippen LogP contribution is 2.36. The third-order valence-corrected chi connectivity index (χ3v) is 6.70. The van der Waals surface area contributed by atoms with Gasteiger partial charge < -0.3 is 15.3 Å². The topological polar surface area (TPSA) is 79.1 Å². The van der Waals surface area contributed by atoms with E-state index in [1.807, 2.05) is 18.2 Å². The number of anilines is 1. The molecule has 9 heteroatoms. The Balaban J connectivity index is 1.26. The van der Waals surface area contributed by atoms with E-state index in [-0.39, 0.29) is 5.52 Å². The molecule has 0 bridgehead atoms. The zero-order valence-corrected chi connectivity index (χ0v) is 18.2. The van der Waals surface area contributed by atoms with Crippen molar-refractivity contribution >= 4 is 27.8 Å². The van der Waals surface area contributed by atoms with Gasteiger partial charge >= 0.3 is 0 Å². The Morgan fingerprint density at radius 3 is 2.70 bits per heavy atom. The average molecular weight is 450 g/mol. The summed E-state index contributed by atoms with van der Waals surface area (Å²) in [6.45, 7) is 1.74. The van der Waals surface area contributed by atoms with Gasteiger partial charge in [-0.05, 0) is 49.6 Å². The summed E-state index contributed by atoms with van der Waals surface area (Å²) in [5, 5.41) is 18.6. The van der Waals surface area contributed by atoms with E-state index in [2.05, 4.69) is 20.3 Å². The van der Waals surface area contributed by atoms with Crippen molar-refractivity contribution in [3.8, 4) is 17.0 Å². The number of phenolic OH excluding ortho intramolecular Hbond substituents is 1. The van der Waals surface area contributed by atoms with Crippen LogP contribution in [0.4, 0.5) is 14.6 Å². The first-order valence-electron chi connectivity index (χ1n) is 11.2. The Morgan fingerprint density at radius 1 is 1.09 bits per heavy atom. The third kappa shape index (κ3) is 3.56. The molecule has 7 nitrogen and oxygen atoms in total. The molecule has 0 spiro atoms. The summed E-state index contributed by atoms with van der Waals surface area (Å²) in [7, 11) is 1.71. The Kier molecular flexibility index (Phi) is 4.69. The third-order valence-electron chi connectivity index (χ3n) is 6.70. The van der Waals surface area contributed by atoms with E-state index in [4.69, 9.17) is 4.98 Å². The first kappa shape index (κ1) is 20.3. The largest absolute Gasteiger partial charge is 0.504 e. The van der Waals surface area contributed by atoms with Gasteiger partial charge in [0.05, 0.1) is 16.7 Å². The lowest BCUT2D eigenvalue weighted by Gasteiger charge is -2.33. The number of aromatic hydroxyl groups is 1. The number of rotatable bonds is 4. The first-order valence-corrected chi connectivity index (χ1v) is 11.2. The average Bonchev–Trinajstić information content (AvgIpc) is 3.41. The molecule has 4 heterocycles. The summed E-state index contributed by atoms with van der Waals surface area (Å²) >= 11 is 0. The number of nitrogens with one attached hydrogen (secondary N) is 1. The molecule has 6 rings (SSSR count). The molecule has 0 amide bonds. The zero-order chi connectivity index (χ0) is 22.7. The molecule has 170 valence electrons. The molecular formula is C24H24F2N6O. The highest BCUT2D eigenvalue weighted by Gasteiger charge is 2.33. The molecular weight excluding hydrogens is 426 g/mol. The Labute approximate surface area is 189 Å². The number of pyridine rings is 2. The second kappa shape index (κ2) is 7.62. The summed E-state index contributed by atoms with van der Waals surface area (Å²) in [6, 6.07) is 9.76. The number of hydrogen-bond acceptors (Lipinski definition) is 6. The SMILES string of the molecule is Cn1cc2cc(-c3ccc4nc(N5CC[C@@H](N[C@H]6C[C@H](F)C6)C5)ccc4n3)c(O)c(F)c2n1. The van der Waals surface area contributed by atoms with Gasteiger partial charge in [-0.1, -0.05) is 0 Å². The molecule has 2 N–H and O–H groups in total. The summed E-state index contributed by atoms with van der Waals surface area (Å²) < 4.78 is 29.2. The molecule has 1 aliphatic carbocycles. The second-order valence-corrected chi connectivity index (χ2v) is 9.10. The van der Waals surface area contributed by atoms with E-state index in [1.165, 1.54) is 4.68 Å². The van der Waals surface area contributed by atoms with Crippen LogP contribution in [0, 0.1) is 5.82 Å². The number of hydrogen-bond donors (Lipinski definition) is 2. The van der Waals surface area contributed by atoms with Gasteiger partial charge in [0, 0.05) is 49.4 Å². The van der Waals surface area contributed by atoms with Crippen LogP contribution in [0.15, 0.2) is 36.5 Å². The van der Waals surface area contributed by atoms with E-state index in [9.17, 15) is 13.9 Å². The number of phenols is 1. The normalized spacial score (nSPS) is 22.9. The number of fused-ring (bicyclic) bond motifs is 2. The van der Waals surface area contributed by atoms with Crippen molar-refractivity contribution in [1.29, 1.82) is 0 Å². The molecule has 1 saturated heterocycles. The van der Waals surface area contributed by atoms with Gasteiger partial charge in [0.2, 0.25) is 0 Å². The second-order valence-electron chi connectivity index (χ2n) is 9.10. The van der Waals surface area contributed by atoms with E-state index in [0.717, 1.165) is 30.8 Å². The monoisotopic (exact) mass is 450 g/mol. The molecule has 3 aromatic heterocycles. The van der Waals surface area contributed by atoms with Gasteiger partial charge in [-0.3, -0.25) is 4.68 Å². The first-order chi connectivity index (χ1) is 15.9. The maximum absolute atomic E-state index is 14.7. The number of nitrogens with zero attached hydrogens (tertiary/aromatic N) is 5. The summed E-state index contributed by atoms with van der Waals surface area (Å²) in [5.41, 5.74) is 2.32. The fourth-order valence-electron chi connectivity index (χ4n) is 4.88. The van der Waals surface area contributed by atoms with Crippen molar-refractivity contribution in [3.63, 3.8) is 0 Å². The van der Waals surface area contributed by atoms with Crippen molar-refractivity contribution in [2.24, 2.45) is 7.05 Å². The quantitative estimate of drug-likeness (QED) is 0.494. The molecule has 1 saturated carbocycles. The Bertz CT molecular complexity index is 1370. The van der Waals surface area contributed by atoms with E-state index < -0.39 is 17.7 Å². The molecule has 33 heavy (non-hydrogen) atoms. The van der Waals surface area contributed by atoms with Gasteiger partial charge in [0.25, 0.3) is 0 Å². The molecule has 0 radical (unpaired) electrons. The Hall–Kier alpha value is -3.33. The van der Waals surface area contributed by atoms with Crippen LogP contribution < -0.4 is 10.2 Å². The zero-order valence-electron chi connectivity index (χ0n) is 18.2. The standard InChI is InChI=1S/C24H24F2N6O/c1-31-11-13-8-17(24(33)22(26)23(13)30-31)18-2-3-20-19(28-18)4-5-21(29-20)32-7-6-15(12-32)27-16-9-14(25)10-16/h2-5,8,11,14-16,27,33H,6-7,9-10,12H2,1H3/t14-,15-,16-/m1/s1. The fraction of sp³-hybridized carbons (Fsp3) is 0.375. The number of alkyl halides is 1. The van der Waals surface area contributed by atoms with Gasteiger partial charge in [-0.2, -0.15) is 5.10 Å². The summed E-state index contributed by atoms with van der Waals surface area (Å²) in [6.07, 6.45) is 3.29. The Morgan fingerprint density at radius 2 is 1.88 bits per heavy atom. The minimum Gasteiger partial charge on any atom is -0.504 e. The van der Waals surface area contributed by atoms with Gasteiger partial charge in [-0.25, -0.2) is 18.7 Å². The van der Waals surface area contributed by atoms with E-state index >= 15 is 0 Å². The minimum absolute atomic E-state index is 0.131. The maximum atomic E-state index is 14.7. The molecule has 1 aliphatic heterocycles. The number of aromatic nitrogens is 4. The molecule has 2 fully saturated rings. The van der Waals surface area contributed by atoms with Crippen molar-refractivity contribution in [2.75, 3.05) is 18.0 Å². The van der Waals surface area contributed by atoms with Gasteiger partial charge in [-0.15, -0.1) is 0 Å². The van der Waals surface area contributed by atoms with E-state index in [1.54, 1.807) is 25.4 Å². The van der Waals surface area contributed by atoms with Crippen LogP contribution in [0.5, 0.6) is 5.75 Å². The molecule has 4 aromatic rings. The van der Waals surface area contributed by atoms with Crippen LogP contribution >= 0.6 is 0 Å². The molecule has 1 aromatic carbocycles. The van der Waals surface area contributed by atoms with Crippen LogP contribution in [0.25, 0.3) is 33.2 Å². The number of aryl methyl sites for hydroxylation is 1. The summed E-state index contributed by atoms with van der Waals surface area (Å²) in [5.74, 6) is -0.331. The smallest absolute Gasteiger partial charge is 0.193 e. The van der Waals surface area contributed by atoms with E-state index in [0.29, 0.717) is 47.1 Å². The van der Waals surface area contributed by atoms with Crippen LogP contribution in [0.3, 0.4) is 0 Å². The minimum atomic E-state index is -0.750. The van der Waals surface area contributed by atoms with Crippen molar-refractivity contribution < 1.29 is 13.9 Å². The summed E-state index contributed by atoms with van der Waals surface area (Å²) in [4.78, 5) is 11.6. The highest BCUT2D eigenvalue weighted by molar-refractivity contribution is 5.89. The van der Waals surface area contributed by atoms with Crippen molar-refractivity contribution in [3.05, 3.63) is 42.3 Å². The van der Waals surface area contributed by atoms with Gasteiger partial charge in [0.1, 0.15) is 17.5 Å². The highest BCUT2D eigenvalue weighted by atomic mass is 19.1. The molecule has 0 unspecified atom stereocenters. The van der Waals surface area contributed by atoms with Crippen LogP contribution in [0.2, 0.25) is 0 Å². The van der Waals surface area contributed by atoms with Crippen molar-refractivity contribution in [2.45, 2.75) is 37.5 Å². The van der Waals surface area contributed by atoms with Crippen LogP contribution in [-0.2, 0) is 7.05 Å². The van der Waals surface area contributed by atoms with Crippen LogP contribution in [-0.4, -0.2) is 56.2 Å². The lowest BCUT2D eigenvalue weighted by Crippen LogP contribution is -2.48. The predicted molar refractivity (Wildman–Crippen MR) is 123 cm³/mol. The maximum Gasteiger partial charge on any atom is 0.193 e. The number of benzene rings is 1. The fourth-order valence-corrected chi connectivity index (χ4v) is 4.88. The lowest BCUT2D eigenvalue weighted by molar-refractivity contribution is 0.148. The number of halogens is 2.